The average molecular weight is 301 g/mol. The van der Waals surface area contributed by atoms with Crippen LogP contribution in [0.25, 0.3) is 0 Å². The van der Waals surface area contributed by atoms with Crippen LogP contribution in [0.3, 0.4) is 0 Å². The number of aryl methyl sites for hydroxylation is 1. The molecule has 2 atom stereocenters. The van der Waals surface area contributed by atoms with Crippen molar-refractivity contribution in [1.29, 1.82) is 0 Å². The van der Waals surface area contributed by atoms with Crippen LogP contribution in [0.5, 0.6) is 0 Å². The molecule has 6 heteroatoms. The standard InChI is InChI=1S/C13H20FN3S2/c1-4-5-15-12-10(14)8(2)16-13(17-12)11-9(3)18-6-7-19-11/h9,11H,4-7H2,1-3H3,(H,15,16,17). The fourth-order valence-corrected chi connectivity index (χ4v) is 4.67. The number of anilines is 1. The molecule has 0 saturated carbocycles. The van der Waals surface area contributed by atoms with E-state index in [4.69, 9.17) is 0 Å². The minimum Gasteiger partial charge on any atom is -0.368 e. The van der Waals surface area contributed by atoms with Gasteiger partial charge in [0.25, 0.3) is 0 Å². The molecule has 1 saturated heterocycles. The van der Waals surface area contributed by atoms with Gasteiger partial charge in [-0.25, -0.2) is 14.4 Å². The van der Waals surface area contributed by atoms with Gasteiger partial charge in [-0.05, 0) is 13.3 Å². The lowest BCUT2D eigenvalue weighted by molar-refractivity contribution is 0.597. The number of hydrogen-bond donors (Lipinski definition) is 1. The van der Waals surface area contributed by atoms with Gasteiger partial charge in [0.05, 0.1) is 10.9 Å². The maximum atomic E-state index is 14.0. The Balaban J connectivity index is 2.27. The number of rotatable bonds is 4. The molecule has 0 aliphatic carbocycles. The van der Waals surface area contributed by atoms with Crippen LogP contribution < -0.4 is 5.32 Å². The topological polar surface area (TPSA) is 37.8 Å². The van der Waals surface area contributed by atoms with E-state index in [0.29, 0.717) is 16.8 Å². The zero-order valence-electron chi connectivity index (χ0n) is 11.6. The highest BCUT2D eigenvalue weighted by Crippen LogP contribution is 2.41. The summed E-state index contributed by atoms with van der Waals surface area (Å²) in [5, 5.41) is 3.79. The van der Waals surface area contributed by atoms with Gasteiger partial charge in [0.1, 0.15) is 5.82 Å². The lowest BCUT2D eigenvalue weighted by Gasteiger charge is -2.27. The van der Waals surface area contributed by atoms with Gasteiger partial charge in [-0.3, -0.25) is 0 Å². The monoisotopic (exact) mass is 301 g/mol. The Labute approximate surface area is 122 Å². The molecule has 106 valence electrons. The van der Waals surface area contributed by atoms with Crippen LogP contribution in [0, 0.1) is 12.7 Å². The number of nitrogens with one attached hydrogen (secondary N) is 1. The van der Waals surface area contributed by atoms with Gasteiger partial charge in [-0.1, -0.05) is 13.8 Å². The maximum Gasteiger partial charge on any atom is 0.186 e. The molecule has 1 N–H and O–H groups in total. The van der Waals surface area contributed by atoms with Crippen molar-refractivity contribution < 1.29 is 4.39 Å². The number of hydrogen-bond acceptors (Lipinski definition) is 5. The van der Waals surface area contributed by atoms with Crippen molar-refractivity contribution in [3.8, 4) is 0 Å². The normalized spacial score (nSPS) is 23.4. The molecule has 0 radical (unpaired) electrons. The molecule has 1 aliphatic rings. The van der Waals surface area contributed by atoms with E-state index in [1.54, 1.807) is 6.92 Å². The van der Waals surface area contributed by atoms with Gasteiger partial charge in [0.15, 0.2) is 11.6 Å². The molecular formula is C13H20FN3S2. The van der Waals surface area contributed by atoms with E-state index in [1.807, 2.05) is 23.5 Å². The highest BCUT2D eigenvalue weighted by Gasteiger charge is 2.28. The highest BCUT2D eigenvalue weighted by molar-refractivity contribution is 8.06. The molecule has 2 unspecified atom stereocenters. The molecule has 1 aliphatic heterocycles. The largest absolute Gasteiger partial charge is 0.368 e. The van der Waals surface area contributed by atoms with Crippen LogP contribution in [0.15, 0.2) is 0 Å². The van der Waals surface area contributed by atoms with E-state index in [9.17, 15) is 4.39 Å². The predicted octanol–water partition coefficient (Wildman–Crippen LogP) is 3.66. The molecule has 0 amide bonds. The highest BCUT2D eigenvalue weighted by atomic mass is 32.2. The molecule has 1 aromatic rings. The Morgan fingerprint density at radius 2 is 2.05 bits per heavy atom. The maximum absolute atomic E-state index is 14.0. The summed E-state index contributed by atoms with van der Waals surface area (Å²) >= 11 is 3.82. The fraction of sp³-hybridized carbons (Fsp3) is 0.692. The summed E-state index contributed by atoms with van der Waals surface area (Å²) in [5.74, 6) is 3.08. The predicted molar refractivity (Wildman–Crippen MR) is 82.6 cm³/mol. The third-order valence-corrected chi connectivity index (χ3v) is 6.11. The third-order valence-electron chi connectivity index (χ3n) is 3.02. The number of halogens is 1. The molecule has 3 nitrogen and oxygen atoms in total. The minimum absolute atomic E-state index is 0.264. The first-order chi connectivity index (χ1) is 9.13. The van der Waals surface area contributed by atoms with E-state index in [2.05, 4.69) is 29.1 Å². The van der Waals surface area contributed by atoms with E-state index in [1.165, 1.54) is 5.75 Å². The lowest BCUT2D eigenvalue weighted by atomic mass is 10.3. The second-order valence-corrected chi connectivity index (χ2v) is 7.36. The first-order valence-corrected chi connectivity index (χ1v) is 8.74. The Kier molecular flexibility index (Phi) is 5.33. The first kappa shape index (κ1) is 14.9. The first-order valence-electron chi connectivity index (χ1n) is 6.64. The lowest BCUT2D eigenvalue weighted by Crippen LogP contribution is -2.20. The molecular weight excluding hydrogens is 281 g/mol. The summed E-state index contributed by atoms with van der Waals surface area (Å²) in [5.41, 5.74) is 0.437. The van der Waals surface area contributed by atoms with Crippen molar-refractivity contribution in [1.82, 2.24) is 9.97 Å². The van der Waals surface area contributed by atoms with Gasteiger partial charge in [0, 0.05) is 23.3 Å². The van der Waals surface area contributed by atoms with Gasteiger partial charge >= 0.3 is 0 Å². The van der Waals surface area contributed by atoms with Crippen molar-refractivity contribution in [2.24, 2.45) is 0 Å². The molecule has 2 heterocycles. The quantitative estimate of drug-likeness (QED) is 0.919. The molecule has 0 spiro atoms. The van der Waals surface area contributed by atoms with Crippen LogP contribution in [-0.2, 0) is 0 Å². The van der Waals surface area contributed by atoms with Crippen LogP contribution in [0.2, 0.25) is 0 Å². The zero-order valence-corrected chi connectivity index (χ0v) is 13.2. The molecule has 1 fully saturated rings. The van der Waals surface area contributed by atoms with Gasteiger partial charge in [-0.15, -0.1) is 11.8 Å². The Morgan fingerprint density at radius 3 is 2.74 bits per heavy atom. The zero-order chi connectivity index (χ0) is 13.8. The summed E-state index contributed by atoms with van der Waals surface area (Å²) in [6.07, 6.45) is 0.947. The van der Waals surface area contributed by atoms with Crippen molar-refractivity contribution >= 4 is 29.3 Å². The van der Waals surface area contributed by atoms with Crippen molar-refractivity contribution in [2.75, 3.05) is 23.4 Å². The summed E-state index contributed by atoms with van der Waals surface area (Å²) in [6.45, 7) is 6.69. The molecule has 19 heavy (non-hydrogen) atoms. The summed E-state index contributed by atoms with van der Waals surface area (Å²) in [4.78, 5) is 8.77. The Hall–Kier alpha value is -0.490. The number of thioether (sulfide) groups is 2. The smallest absolute Gasteiger partial charge is 0.186 e. The van der Waals surface area contributed by atoms with Crippen LogP contribution in [0.1, 0.15) is 37.0 Å². The summed E-state index contributed by atoms with van der Waals surface area (Å²) in [7, 11) is 0. The van der Waals surface area contributed by atoms with Crippen LogP contribution in [-0.4, -0.2) is 33.3 Å². The van der Waals surface area contributed by atoms with Gasteiger partial charge in [0.2, 0.25) is 0 Å². The van der Waals surface area contributed by atoms with E-state index < -0.39 is 0 Å². The Bertz CT molecular complexity index is 442. The SMILES string of the molecule is CCCNc1nc(C2SCCSC2C)nc(C)c1F. The molecule has 1 aromatic heterocycles. The van der Waals surface area contributed by atoms with E-state index in [0.717, 1.165) is 24.5 Å². The third kappa shape index (κ3) is 3.54. The summed E-state index contributed by atoms with van der Waals surface area (Å²) < 4.78 is 14.0. The second-order valence-electron chi connectivity index (χ2n) is 4.62. The Morgan fingerprint density at radius 1 is 1.32 bits per heavy atom. The van der Waals surface area contributed by atoms with Crippen molar-refractivity contribution in [3.05, 3.63) is 17.3 Å². The number of aromatic nitrogens is 2. The number of nitrogens with zero attached hydrogens (tertiary/aromatic N) is 2. The summed E-state index contributed by atoms with van der Waals surface area (Å²) in [6, 6.07) is 0. The molecule has 0 aromatic carbocycles. The second kappa shape index (κ2) is 6.79. The van der Waals surface area contributed by atoms with E-state index >= 15 is 0 Å². The fourth-order valence-electron chi connectivity index (χ4n) is 1.99. The van der Waals surface area contributed by atoms with Gasteiger partial charge < -0.3 is 5.32 Å². The van der Waals surface area contributed by atoms with Gasteiger partial charge in [-0.2, -0.15) is 11.8 Å². The average Bonchev–Trinajstić information content (AvgIpc) is 2.41. The van der Waals surface area contributed by atoms with Crippen molar-refractivity contribution in [2.45, 2.75) is 37.7 Å². The minimum atomic E-state index is -0.321. The van der Waals surface area contributed by atoms with E-state index in [-0.39, 0.29) is 11.1 Å². The van der Waals surface area contributed by atoms with Crippen molar-refractivity contribution in [3.63, 3.8) is 0 Å². The molecule has 2 rings (SSSR count). The van der Waals surface area contributed by atoms with Crippen LogP contribution in [0.4, 0.5) is 10.2 Å². The van der Waals surface area contributed by atoms with Crippen LogP contribution >= 0.6 is 23.5 Å². The molecule has 0 bridgehead atoms.